The largest absolute Gasteiger partial charge is 0.508 e. The highest BCUT2D eigenvalue weighted by atomic mass is 16.5. The summed E-state index contributed by atoms with van der Waals surface area (Å²) in [6.45, 7) is 6.04. The maximum atomic E-state index is 12.7. The van der Waals surface area contributed by atoms with E-state index in [2.05, 4.69) is 5.32 Å². The number of phenols is 1. The maximum Gasteiger partial charge on any atom is 0.291 e. The Morgan fingerprint density at radius 2 is 1.84 bits per heavy atom. The second-order valence-electron chi connectivity index (χ2n) is 7.87. The van der Waals surface area contributed by atoms with Crippen LogP contribution in [0.2, 0.25) is 0 Å². The lowest BCUT2D eigenvalue weighted by Crippen LogP contribution is -2.12. The third-order valence-electron chi connectivity index (χ3n) is 5.25. The Morgan fingerprint density at radius 3 is 2.65 bits per heavy atom. The molecule has 0 radical (unpaired) electrons. The third-order valence-corrected chi connectivity index (χ3v) is 5.25. The molecule has 0 spiro atoms. The first-order valence-electron chi connectivity index (χ1n) is 10.3. The van der Waals surface area contributed by atoms with Crippen molar-refractivity contribution in [1.82, 2.24) is 0 Å². The molecular formula is C26H25NO4. The van der Waals surface area contributed by atoms with Crippen LogP contribution in [0.5, 0.6) is 11.5 Å². The van der Waals surface area contributed by atoms with E-state index in [-0.39, 0.29) is 29.9 Å². The summed E-state index contributed by atoms with van der Waals surface area (Å²) in [7, 11) is 0. The van der Waals surface area contributed by atoms with Gasteiger partial charge in [0.1, 0.15) is 23.9 Å². The van der Waals surface area contributed by atoms with E-state index in [1.165, 1.54) is 0 Å². The lowest BCUT2D eigenvalue weighted by atomic mass is 9.99. The van der Waals surface area contributed by atoms with Crippen LogP contribution in [0.3, 0.4) is 0 Å². The number of furan rings is 1. The molecule has 4 aromatic rings. The van der Waals surface area contributed by atoms with Gasteiger partial charge >= 0.3 is 0 Å². The van der Waals surface area contributed by atoms with Crippen molar-refractivity contribution in [2.75, 3.05) is 5.32 Å². The van der Waals surface area contributed by atoms with Gasteiger partial charge in [0.2, 0.25) is 0 Å². The number of hydrogen-bond acceptors (Lipinski definition) is 4. The van der Waals surface area contributed by atoms with Gasteiger partial charge < -0.3 is 19.6 Å². The topological polar surface area (TPSA) is 71.7 Å². The quantitative estimate of drug-likeness (QED) is 0.357. The molecule has 0 unspecified atom stereocenters. The zero-order valence-corrected chi connectivity index (χ0v) is 17.8. The van der Waals surface area contributed by atoms with E-state index in [4.69, 9.17) is 9.15 Å². The van der Waals surface area contributed by atoms with Gasteiger partial charge in [0.15, 0.2) is 5.76 Å². The van der Waals surface area contributed by atoms with Crippen molar-refractivity contribution < 1.29 is 19.1 Å². The number of rotatable bonds is 6. The molecule has 1 aromatic heterocycles. The standard InChI is InChI=1S/C26H25NO4/c1-16(2)21-14-22(17(3)13-23(21)28)27-26(29)25-12-11-19(31-25)15-30-24-10-6-8-18-7-4-5-9-20(18)24/h4-14,16,28H,15H2,1-3H3,(H,27,29). The van der Waals surface area contributed by atoms with Gasteiger partial charge in [-0.05, 0) is 59.7 Å². The summed E-state index contributed by atoms with van der Waals surface area (Å²) in [5.74, 6) is 1.55. The fourth-order valence-electron chi connectivity index (χ4n) is 3.54. The number of fused-ring (bicyclic) bond motifs is 1. The van der Waals surface area contributed by atoms with Crippen LogP contribution in [-0.4, -0.2) is 11.0 Å². The van der Waals surface area contributed by atoms with E-state index in [0.29, 0.717) is 11.4 Å². The molecule has 0 aliphatic rings. The molecule has 0 saturated heterocycles. The molecule has 1 amide bonds. The molecule has 4 rings (SSSR count). The number of benzene rings is 3. The number of aromatic hydroxyl groups is 1. The Balaban J connectivity index is 1.46. The number of amides is 1. The number of phenolic OH excluding ortho intramolecular Hbond substituents is 1. The van der Waals surface area contributed by atoms with Crippen LogP contribution >= 0.6 is 0 Å². The van der Waals surface area contributed by atoms with Crippen molar-refractivity contribution in [3.63, 3.8) is 0 Å². The number of ether oxygens (including phenoxy) is 1. The summed E-state index contributed by atoms with van der Waals surface area (Å²) in [5, 5.41) is 15.1. The molecule has 3 aromatic carbocycles. The zero-order valence-electron chi connectivity index (χ0n) is 17.8. The molecular weight excluding hydrogens is 390 g/mol. The van der Waals surface area contributed by atoms with Gasteiger partial charge in [-0.1, -0.05) is 50.2 Å². The lowest BCUT2D eigenvalue weighted by molar-refractivity contribution is 0.0992. The van der Waals surface area contributed by atoms with Crippen LogP contribution in [0, 0.1) is 6.92 Å². The Hall–Kier alpha value is -3.73. The zero-order chi connectivity index (χ0) is 22.0. The van der Waals surface area contributed by atoms with Crippen LogP contribution in [0.4, 0.5) is 5.69 Å². The number of carbonyl (C=O) groups is 1. The molecule has 5 heteroatoms. The minimum Gasteiger partial charge on any atom is -0.508 e. The molecule has 0 aliphatic carbocycles. The number of anilines is 1. The van der Waals surface area contributed by atoms with Gasteiger partial charge in [-0.2, -0.15) is 0 Å². The predicted octanol–water partition coefficient (Wildman–Crippen LogP) is 6.40. The number of aryl methyl sites for hydroxylation is 1. The third kappa shape index (κ3) is 4.40. The van der Waals surface area contributed by atoms with Crippen LogP contribution in [0.25, 0.3) is 10.8 Å². The smallest absolute Gasteiger partial charge is 0.291 e. The molecule has 0 bridgehead atoms. The van der Waals surface area contributed by atoms with Gasteiger partial charge in [0.25, 0.3) is 5.91 Å². The van der Waals surface area contributed by atoms with Crippen molar-refractivity contribution >= 4 is 22.4 Å². The summed E-state index contributed by atoms with van der Waals surface area (Å²) in [6, 6.07) is 20.8. The molecule has 0 aliphatic heterocycles. The first kappa shape index (κ1) is 20.5. The molecule has 5 nitrogen and oxygen atoms in total. The molecule has 0 fully saturated rings. The van der Waals surface area contributed by atoms with E-state index in [1.807, 2.05) is 63.2 Å². The van der Waals surface area contributed by atoms with Crippen molar-refractivity contribution in [2.45, 2.75) is 33.3 Å². The summed E-state index contributed by atoms with van der Waals surface area (Å²) < 4.78 is 11.6. The van der Waals surface area contributed by atoms with Crippen molar-refractivity contribution in [3.05, 3.63) is 89.4 Å². The predicted molar refractivity (Wildman–Crippen MR) is 122 cm³/mol. The average Bonchev–Trinajstić information content (AvgIpc) is 3.23. The van der Waals surface area contributed by atoms with Crippen LogP contribution in [0.1, 0.15) is 47.2 Å². The molecule has 2 N–H and O–H groups in total. The van der Waals surface area contributed by atoms with Gasteiger partial charge in [-0.25, -0.2) is 0 Å². The van der Waals surface area contributed by atoms with Gasteiger partial charge in [-0.3, -0.25) is 4.79 Å². The summed E-state index contributed by atoms with van der Waals surface area (Å²) >= 11 is 0. The highest BCUT2D eigenvalue weighted by Crippen LogP contribution is 2.31. The van der Waals surface area contributed by atoms with E-state index < -0.39 is 0 Å². The normalized spacial score (nSPS) is 11.1. The first-order chi connectivity index (χ1) is 14.9. The van der Waals surface area contributed by atoms with Gasteiger partial charge in [0, 0.05) is 11.1 Å². The van der Waals surface area contributed by atoms with Crippen LogP contribution < -0.4 is 10.1 Å². The van der Waals surface area contributed by atoms with E-state index in [0.717, 1.165) is 27.6 Å². The highest BCUT2D eigenvalue weighted by Gasteiger charge is 2.16. The minimum atomic E-state index is -0.347. The van der Waals surface area contributed by atoms with E-state index in [1.54, 1.807) is 24.3 Å². The lowest BCUT2D eigenvalue weighted by Gasteiger charge is -2.14. The Bertz CT molecular complexity index is 1230. The fraction of sp³-hybridized carbons (Fsp3) is 0.192. The van der Waals surface area contributed by atoms with Crippen molar-refractivity contribution in [1.29, 1.82) is 0 Å². The van der Waals surface area contributed by atoms with Crippen molar-refractivity contribution in [3.8, 4) is 11.5 Å². The second kappa shape index (κ2) is 8.56. The highest BCUT2D eigenvalue weighted by molar-refractivity contribution is 6.02. The Kier molecular flexibility index (Phi) is 5.67. The molecule has 31 heavy (non-hydrogen) atoms. The van der Waals surface area contributed by atoms with E-state index in [9.17, 15) is 9.90 Å². The number of hydrogen-bond donors (Lipinski definition) is 2. The summed E-state index contributed by atoms with van der Waals surface area (Å²) in [6.07, 6.45) is 0. The Morgan fingerprint density at radius 1 is 1.06 bits per heavy atom. The second-order valence-corrected chi connectivity index (χ2v) is 7.87. The fourth-order valence-corrected chi connectivity index (χ4v) is 3.54. The van der Waals surface area contributed by atoms with E-state index >= 15 is 0 Å². The number of carbonyl (C=O) groups excluding carboxylic acids is 1. The molecule has 0 atom stereocenters. The van der Waals surface area contributed by atoms with Gasteiger partial charge in [0.05, 0.1) is 0 Å². The molecule has 158 valence electrons. The first-order valence-corrected chi connectivity index (χ1v) is 10.3. The maximum absolute atomic E-state index is 12.7. The van der Waals surface area contributed by atoms with Crippen LogP contribution in [-0.2, 0) is 6.61 Å². The van der Waals surface area contributed by atoms with Gasteiger partial charge in [-0.15, -0.1) is 0 Å². The monoisotopic (exact) mass is 415 g/mol. The Labute approximate surface area is 181 Å². The summed E-state index contributed by atoms with van der Waals surface area (Å²) in [4.78, 5) is 12.7. The average molecular weight is 415 g/mol. The SMILES string of the molecule is Cc1cc(O)c(C(C)C)cc1NC(=O)c1ccc(COc2cccc3ccccc23)o1. The van der Waals surface area contributed by atoms with Crippen LogP contribution in [0.15, 0.2) is 71.1 Å². The minimum absolute atomic E-state index is 0.137. The molecule has 1 heterocycles. The summed E-state index contributed by atoms with van der Waals surface area (Å²) in [5.41, 5.74) is 2.21. The van der Waals surface area contributed by atoms with Crippen molar-refractivity contribution in [2.24, 2.45) is 0 Å². The molecule has 0 saturated carbocycles. The number of nitrogens with one attached hydrogen (secondary N) is 1.